The lowest BCUT2D eigenvalue weighted by Gasteiger charge is -2.35. The van der Waals surface area contributed by atoms with E-state index in [0.717, 1.165) is 42.9 Å². The van der Waals surface area contributed by atoms with E-state index in [-0.39, 0.29) is 30.7 Å². The molecule has 164 valence electrons. The van der Waals surface area contributed by atoms with Crippen molar-refractivity contribution < 1.29 is 19.0 Å². The fraction of sp³-hybridized carbons (Fsp3) is 0.429. The number of hydrogen-bond acceptors (Lipinski definition) is 6. The molecule has 7 nitrogen and oxygen atoms in total. The molecule has 1 aromatic carbocycles. The molecule has 2 N–H and O–H groups in total. The molecule has 2 aliphatic heterocycles. The van der Waals surface area contributed by atoms with Crippen LogP contribution in [0.3, 0.4) is 0 Å². The standard InChI is InChI=1S/C21H25N3O4.2ClH/c1-26-14-21(7-9-22-10-8-21)20(25)24-19-4-2-3-16(23-19)15-5-6-17-18(13-15)28-12-11-27-17;;/h2-6,13,22H,7-12,14H2,1H3,(H,23,24,25);2*1H. The number of amides is 1. The zero-order chi connectivity index (χ0) is 19.4. The molecule has 1 fully saturated rings. The fourth-order valence-corrected chi connectivity index (χ4v) is 3.74. The number of nitrogens with one attached hydrogen (secondary N) is 2. The van der Waals surface area contributed by atoms with Crippen molar-refractivity contribution in [2.75, 3.05) is 45.3 Å². The number of carbonyl (C=O) groups is 1. The molecule has 1 amide bonds. The van der Waals surface area contributed by atoms with Gasteiger partial charge in [-0.1, -0.05) is 6.07 Å². The van der Waals surface area contributed by atoms with Gasteiger partial charge in [-0.05, 0) is 56.3 Å². The van der Waals surface area contributed by atoms with Gasteiger partial charge < -0.3 is 24.8 Å². The molecule has 2 aliphatic rings. The minimum Gasteiger partial charge on any atom is -0.486 e. The average Bonchev–Trinajstić information content (AvgIpc) is 2.74. The van der Waals surface area contributed by atoms with Crippen LogP contribution in [0.5, 0.6) is 11.5 Å². The van der Waals surface area contributed by atoms with Gasteiger partial charge in [-0.15, -0.1) is 24.8 Å². The van der Waals surface area contributed by atoms with Crippen molar-refractivity contribution in [3.05, 3.63) is 36.4 Å². The highest BCUT2D eigenvalue weighted by atomic mass is 35.5. The number of ether oxygens (including phenoxy) is 3. The van der Waals surface area contributed by atoms with Gasteiger partial charge in [-0.3, -0.25) is 4.79 Å². The monoisotopic (exact) mass is 455 g/mol. The van der Waals surface area contributed by atoms with Gasteiger partial charge in [0.05, 0.1) is 17.7 Å². The van der Waals surface area contributed by atoms with Crippen LogP contribution in [-0.2, 0) is 9.53 Å². The van der Waals surface area contributed by atoms with Gasteiger partial charge in [0, 0.05) is 12.7 Å². The first kappa shape index (κ1) is 24.2. The number of halogens is 2. The summed E-state index contributed by atoms with van der Waals surface area (Å²) in [5, 5.41) is 6.29. The normalized spacial score (nSPS) is 16.6. The van der Waals surface area contributed by atoms with E-state index in [1.807, 2.05) is 30.3 Å². The Kier molecular flexibility index (Phi) is 8.73. The predicted molar refractivity (Wildman–Crippen MR) is 120 cm³/mol. The maximum Gasteiger partial charge on any atom is 0.234 e. The van der Waals surface area contributed by atoms with Crippen LogP contribution >= 0.6 is 24.8 Å². The van der Waals surface area contributed by atoms with Crippen LogP contribution in [0.15, 0.2) is 36.4 Å². The summed E-state index contributed by atoms with van der Waals surface area (Å²) < 4.78 is 16.6. The molecule has 0 radical (unpaired) electrons. The smallest absolute Gasteiger partial charge is 0.234 e. The molecule has 1 saturated heterocycles. The Morgan fingerprint density at radius 2 is 1.87 bits per heavy atom. The number of benzene rings is 1. The molecule has 2 aromatic rings. The molecule has 0 atom stereocenters. The first-order valence-corrected chi connectivity index (χ1v) is 9.58. The van der Waals surface area contributed by atoms with E-state index in [9.17, 15) is 4.79 Å². The molecule has 0 aliphatic carbocycles. The van der Waals surface area contributed by atoms with Crippen molar-refractivity contribution >= 4 is 36.5 Å². The van der Waals surface area contributed by atoms with Crippen LogP contribution in [0.25, 0.3) is 11.3 Å². The second-order valence-electron chi connectivity index (χ2n) is 7.18. The summed E-state index contributed by atoms with van der Waals surface area (Å²) in [7, 11) is 1.64. The van der Waals surface area contributed by atoms with Gasteiger partial charge in [-0.2, -0.15) is 0 Å². The summed E-state index contributed by atoms with van der Waals surface area (Å²) in [4.78, 5) is 17.7. The van der Waals surface area contributed by atoms with Gasteiger partial charge in [0.2, 0.25) is 5.91 Å². The fourth-order valence-electron chi connectivity index (χ4n) is 3.74. The van der Waals surface area contributed by atoms with E-state index in [0.29, 0.717) is 31.4 Å². The Morgan fingerprint density at radius 1 is 1.13 bits per heavy atom. The van der Waals surface area contributed by atoms with Crippen LogP contribution < -0.4 is 20.1 Å². The maximum absolute atomic E-state index is 13.0. The number of nitrogens with zero attached hydrogens (tertiary/aromatic N) is 1. The number of rotatable bonds is 5. The zero-order valence-corrected chi connectivity index (χ0v) is 18.4. The van der Waals surface area contributed by atoms with E-state index < -0.39 is 5.41 Å². The molecule has 0 bridgehead atoms. The van der Waals surface area contributed by atoms with Crippen LogP contribution in [0, 0.1) is 5.41 Å². The van der Waals surface area contributed by atoms with Crippen LogP contribution in [0.4, 0.5) is 5.82 Å². The number of methoxy groups -OCH3 is 1. The lowest BCUT2D eigenvalue weighted by molar-refractivity contribution is -0.130. The minimum atomic E-state index is -0.519. The summed E-state index contributed by atoms with van der Waals surface area (Å²) in [6, 6.07) is 11.4. The van der Waals surface area contributed by atoms with Crippen molar-refractivity contribution in [3.8, 4) is 22.8 Å². The topological polar surface area (TPSA) is 81.7 Å². The van der Waals surface area contributed by atoms with Gasteiger partial charge in [-0.25, -0.2) is 4.98 Å². The summed E-state index contributed by atoms with van der Waals surface area (Å²) in [5.74, 6) is 1.95. The maximum atomic E-state index is 13.0. The van der Waals surface area contributed by atoms with Gasteiger partial charge in [0.1, 0.15) is 19.0 Å². The number of fused-ring (bicyclic) bond motifs is 1. The molecule has 3 heterocycles. The molecule has 0 unspecified atom stereocenters. The number of anilines is 1. The number of aromatic nitrogens is 1. The molecule has 0 saturated carbocycles. The first-order valence-electron chi connectivity index (χ1n) is 9.58. The molecule has 1 aromatic heterocycles. The third-order valence-electron chi connectivity index (χ3n) is 5.29. The Morgan fingerprint density at radius 3 is 2.60 bits per heavy atom. The quantitative estimate of drug-likeness (QED) is 0.719. The Bertz CT molecular complexity index is 854. The van der Waals surface area contributed by atoms with E-state index in [4.69, 9.17) is 14.2 Å². The van der Waals surface area contributed by atoms with E-state index in [1.54, 1.807) is 13.2 Å². The molecule has 9 heteroatoms. The lowest BCUT2D eigenvalue weighted by Crippen LogP contribution is -2.47. The summed E-state index contributed by atoms with van der Waals surface area (Å²) in [5.41, 5.74) is 1.16. The highest BCUT2D eigenvalue weighted by Crippen LogP contribution is 2.35. The van der Waals surface area contributed by atoms with Crippen molar-refractivity contribution in [3.63, 3.8) is 0 Å². The van der Waals surface area contributed by atoms with E-state index in [2.05, 4.69) is 15.6 Å². The van der Waals surface area contributed by atoms with Crippen molar-refractivity contribution in [2.45, 2.75) is 12.8 Å². The summed E-state index contributed by atoms with van der Waals surface area (Å²) >= 11 is 0. The number of piperidine rings is 1. The van der Waals surface area contributed by atoms with Crippen LogP contribution in [-0.4, -0.2) is 50.9 Å². The molecular weight excluding hydrogens is 429 g/mol. The number of hydrogen-bond donors (Lipinski definition) is 2. The molecule has 0 spiro atoms. The van der Waals surface area contributed by atoms with E-state index >= 15 is 0 Å². The number of pyridine rings is 1. The van der Waals surface area contributed by atoms with Gasteiger partial charge in [0.25, 0.3) is 0 Å². The molecular formula is C21H27Cl2N3O4. The van der Waals surface area contributed by atoms with Crippen molar-refractivity contribution in [1.29, 1.82) is 0 Å². The second kappa shape index (κ2) is 10.8. The summed E-state index contributed by atoms with van der Waals surface area (Å²) in [6.07, 6.45) is 1.49. The van der Waals surface area contributed by atoms with Gasteiger partial charge >= 0.3 is 0 Å². The zero-order valence-electron chi connectivity index (χ0n) is 16.8. The average molecular weight is 456 g/mol. The second-order valence-corrected chi connectivity index (χ2v) is 7.18. The third kappa shape index (κ3) is 5.16. The Hall–Kier alpha value is -2.06. The largest absolute Gasteiger partial charge is 0.486 e. The Balaban J connectivity index is 0.00000160. The van der Waals surface area contributed by atoms with Crippen molar-refractivity contribution in [2.24, 2.45) is 5.41 Å². The predicted octanol–water partition coefficient (Wildman–Crippen LogP) is 3.32. The van der Waals surface area contributed by atoms with Crippen LogP contribution in [0.2, 0.25) is 0 Å². The highest BCUT2D eigenvalue weighted by Gasteiger charge is 2.39. The molecule has 4 rings (SSSR count). The van der Waals surface area contributed by atoms with Crippen LogP contribution in [0.1, 0.15) is 12.8 Å². The molecule has 30 heavy (non-hydrogen) atoms. The minimum absolute atomic E-state index is 0. The number of carbonyl (C=O) groups excluding carboxylic acids is 1. The van der Waals surface area contributed by atoms with E-state index in [1.165, 1.54) is 0 Å². The Labute approximate surface area is 188 Å². The summed E-state index contributed by atoms with van der Waals surface area (Å²) in [6.45, 7) is 3.12. The SMILES string of the molecule is COCC1(C(=O)Nc2cccc(-c3ccc4c(c3)OCCO4)n2)CCNCC1.Cl.Cl. The highest BCUT2D eigenvalue weighted by molar-refractivity contribution is 5.95. The van der Waals surface area contributed by atoms with Crippen molar-refractivity contribution in [1.82, 2.24) is 10.3 Å². The lowest BCUT2D eigenvalue weighted by atomic mass is 9.78. The van der Waals surface area contributed by atoms with Gasteiger partial charge in [0.15, 0.2) is 11.5 Å². The first-order chi connectivity index (χ1) is 13.7. The third-order valence-corrected chi connectivity index (χ3v) is 5.29.